The van der Waals surface area contributed by atoms with Crippen molar-refractivity contribution in [3.63, 3.8) is 0 Å². The fourth-order valence-corrected chi connectivity index (χ4v) is 3.97. The van der Waals surface area contributed by atoms with Crippen LogP contribution >= 0.6 is 0 Å². The average Bonchev–Trinajstić information content (AvgIpc) is 3.10. The van der Waals surface area contributed by atoms with Crippen LogP contribution in [0, 0.1) is 11.3 Å². The summed E-state index contributed by atoms with van der Waals surface area (Å²) in [6.07, 6.45) is -1.40. The van der Waals surface area contributed by atoms with E-state index in [0.717, 1.165) is 18.5 Å². The van der Waals surface area contributed by atoms with Crippen molar-refractivity contribution in [3.8, 4) is 6.07 Å². The first-order valence-electron chi connectivity index (χ1n) is 10.3. The van der Waals surface area contributed by atoms with E-state index in [0.29, 0.717) is 35.7 Å². The van der Waals surface area contributed by atoms with Gasteiger partial charge in [0.15, 0.2) is 5.65 Å². The highest BCUT2D eigenvalue weighted by atomic mass is 16.6. The Labute approximate surface area is 184 Å². The van der Waals surface area contributed by atoms with E-state index in [4.69, 9.17) is 10.00 Å². The van der Waals surface area contributed by atoms with Crippen molar-refractivity contribution in [2.24, 2.45) is 0 Å². The van der Waals surface area contributed by atoms with Crippen LogP contribution in [0.2, 0.25) is 0 Å². The van der Waals surface area contributed by atoms with Gasteiger partial charge in [0.1, 0.15) is 17.6 Å². The highest BCUT2D eigenvalue weighted by Gasteiger charge is 2.41. The van der Waals surface area contributed by atoms with Crippen molar-refractivity contribution in [1.82, 2.24) is 19.8 Å². The molecular weight excluding hydrogens is 408 g/mol. The van der Waals surface area contributed by atoms with Crippen LogP contribution in [0.5, 0.6) is 0 Å². The van der Waals surface area contributed by atoms with Crippen LogP contribution < -0.4 is 4.90 Å². The molecule has 0 radical (unpaired) electrons. The number of nitrogens with zero attached hydrogens (tertiary/aromatic N) is 6. The van der Waals surface area contributed by atoms with Gasteiger partial charge in [-0.25, -0.2) is 14.8 Å². The molecule has 0 aliphatic carbocycles. The van der Waals surface area contributed by atoms with Crippen LogP contribution in [-0.4, -0.2) is 65.0 Å². The molecule has 32 heavy (non-hydrogen) atoms. The number of carbonyl (C=O) groups is 2. The van der Waals surface area contributed by atoms with Crippen molar-refractivity contribution < 1.29 is 14.3 Å². The lowest BCUT2D eigenvalue weighted by Crippen LogP contribution is -2.48. The number of fused-ring (bicyclic) bond motifs is 2. The minimum atomic E-state index is -0.935. The van der Waals surface area contributed by atoms with Gasteiger partial charge in [-0.3, -0.25) is 9.69 Å². The summed E-state index contributed by atoms with van der Waals surface area (Å²) in [4.78, 5) is 40.1. The number of hydrogen-bond donors (Lipinski definition) is 0. The largest absolute Gasteiger partial charge is 0.420 e. The Bertz CT molecular complexity index is 1260. The fraction of sp³-hybridized carbons (Fsp3) is 0.261. The SMILES string of the molecule is CN1CCN(C(=O)OC2c3ccccc3C(=O)N2c2ccc3ccc(C#N)nc3n2)CC1. The first kappa shape index (κ1) is 19.9. The number of aromatic nitrogens is 2. The van der Waals surface area contributed by atoms with Gasteiger partial charge in [0.2, 0.25) is 6.23 Å². The zero-order valence-electron chi connectivity index (χ0n) is 17.4. The maximum Gasteiger partial charge on any atom is 0.412 e. The molecule has 0 saturated carbocycles. The standard InChI is InChI=1S/C23H20N6O3/c1-27-10-12-28(13-11-27)23(31)32-22-18-5-3-2-4-17(18)21(30)29(22)19-9-7-15-6-8-16(14-24)25-20(15)26-19/h2-9,22H,10-13H2,1H3. The maximum absolute atomic E-state index is 13.3. The second kappa shape index (κ2) is 7.90. The predicted octanol–water partition coefficient (Wildman–Crippen LogP) is 2.54. The number of piperazine rings is 1. The lowest BCUT2D eigenvalue weighted by atomic mass is 10.1. The molecule has 1 unspecified atom stereocenters. The smallest absolute Gasteiger partial charge is 0.412 e. The molecule has 1 saturated heterocycles. The van der Waals surface area contributed by atoms with Gasteiger partial charge < -0.3 is 14.5 Å². The number of ether oxygens (including phenoxy) is 1. The Hall–Kier alpha value is -4.03. The second-order valence-corrected chi connectivity index (χ2v) is 7.81. The quantitative estimate of drug-likeness (QED) is 0.618. The molecule has 1 atom stereocenters. The first-order valence-corrected chi connectivity index (χ1v) is 10.3. The summed E-state index contributed by atoms with van der Waals surface area (Å²) in [5.41, 5.74) is 1.65. The van der Waals surface area contributed by atoms with Crippen LogP contribution in [0.4, 0.5) is 10.6 Å². The van der Waals surface area contributed by atoms with Crippen LogP contribution in [0.3, 0.4) is 0 Å². The Morgan fingerprint density at radius 3 is 2.59 bits per heavy atom. The van der Waals surface area contributed by atoms with E-state index in [2.05, 4.69) is 14.9 Å². The molecule has 0 spiro atoms. The third-order valence-electron chi connectivity index (χ3n) is 5.78. The molecule has 2 aromatic heterocycles. The van der Waals surface area contributed by atoms with Crippen molar-refractivity contribution in [3.05, 3.63) is 65.4 Å². The molecule has 3 aromatic rings. The lowest BCUT2D eigenvalue weighted by Gasteiger charge is -2.33. The third-order valence-corrected chi connectivity index (χ3v) is 5.78. The molecule has 1 fully saturated rings. The maximum atomic E-state index is 13.3. The van der Waals surface area contributed by atoms with E-state index in [1.165, 1.54) is 4.90 Å². The molecule has 5 rings (SSSR count). The van der Waals surface area contributed by atoms with E-state index < -0.39 is 12.3 Å². The van der Waals surface area contributed by atoms with Crippen LogP contribution in [0.1, 0.15) is 27.8 Å². The fourth-order valence-electron chi connectivity index (χ4n) is 3.97. The molecule has 4 heterocycles. The number of amides is 2. The molecule has 1 aromatic carbocycles. The normalized spacial score (nSPS) is 18.5. The van der Waals surface area contributed by atoms with Gasteiger partial charge in [0.05, 0.1) is 0 Å². The summed E-state index contributed by atoms with van der Waals surface area (Å²) in [5, 5.41) is 9.89. The van der Waals surface area contributed by atoms with Gasteiger partial charge in [-0.15, -0.1) is 0 Å². The molecular formula is C23H20N6O3. The predicted molar refractivity (Wildman–Crippen MR) is 116 cm³/mol. The number of anilines is 1. The number of nitriles is 1. The van der Waals surface area contributed by atoms with E-state index in [-0.39, 0.29) is 11.6 Å². The summed E-state index contributed by atoms with van der Waals surface area (Å²) in [6, 6.07) is 15.9. The molecule has 2 aliphatic heterocycles. The number of carbonyl (C=O) groups excluding carboxylic acids is 2. The Morgan fingerprint density at radius 2 is 1.81 bits per heavy atom. The topological polar surface area (TPSA) is 103 Å². The summed E-state index contributed by atoms with van der Waals surface area (Å²) in [5.74, 6) is -0.00228. The third kappa shape index (κ3) is 3.40. The molecule has 2 amide bonds. The summed E-state index contributed by atoms with van der Waals surface area (Å²) >= 11 is 0. The Morgan fingerprint density at radius 1 is 1.06 bits per heavy atom. The summed E-state index contributed by atoms with van der Waals surface area (Å²) in [6.45, 7) is 2.65. The van der Waals surface area contributed by atoms with E-state index in [1.807, 2.05) is 13.1 Å². The summed E-state index contributed by atoms with van der Waals surface area (Å²) in [7, 11) is 2.01. The van der Waals surface area contributed by atoms with Gasteiger partial charge in [-0.2, -0.15) is 5.26 Å². The minimum absolute atomic E-state index is 0.233. The molecule has 0 N–H and O–H groups in total. The summed E-state index contributed by atoms with van der Waals surface area (Å²) < 4.78 is 5.87. The van der Waals surface area contributed by atoms with Crippen molar-refractivity contribution in [2.75, 3.05) is 38.1 Å². The molecule has 0 bridgehead atoms. The zero-order valence-corrected chi connectivity index (χ0v) is 17.4. The zero-order chi connectivity index (χ0) is 22.2. The second-order valence-electron chi connectivity index (χ2n) is 7.81. The van der Waals surface area contributed by atoms with Gasteiger partial charge in [0, 0.05) is 42.7 Å². The highest BCUT2D eigenvalue weighted by Crippen LogP contribution is 2.38. The van der Waals surface area contributed by atoms with Crippen LogP contribution in [0.25, 0.3) is 11.0 Å². The number of hydrogen-bond acceptors (Lipinski definition) is 7. The number of benzene rings is 1. The number of pyridine rings is 2. The van der Waals surface area contributed by atoms with E-state index in [9.17, 15) is 9.59 Å². The van der Waals surface area contributed by atoms with E-state index in [1.54, 1.807) is 53.4 Å². The Balaban J connectivity index is 1.51. The molecule has 160 valence electrons. The van der Waals surface area contributed by atoms with Crippen LogP contribution in [0.15, 0.2) is 48.5 Å². The van der Waals surface area contributed by atoms with Gasteiger partial charge >= 0.3 is 6.09 Å². The van der Waals surface area contributed by atoms with Gasteiger partial charge in [0.25, 0.3) is 5.91 Å². The van der Waals surface area contributed by atoms with Gasteiger partial charge in [-0.05, 0) is 37.4 Å². The average molecular weight is 428 g/mol. The first-order chi connectivity index (χ1) is 15.5. The monoisotopic (exact) mass is 428 g/mol. The van der Waals surface area contributed by atoms with Crippen molar-refractivity contribution in [1.29, 1.82) is 5.26 Å². The van der Waals surface area contributed by atoms with Crippen molar-refractivity contribution >= 4 is 28.9 Å². The highest BCUT2D eigenvalue weighted by molar-refractivity contribution is 6.10. The number of rotatable bonds is 2. The molecule has 9 heteroatoms. The number of likely N-dealkylation sites (N-methyl/N-ethyl adjacent to an activating group) is 1. The van der Waals surface area contributed by atoms with Crippen molar-refractivity contribution in [2.45, 2.75) is 6.23 Å². The van der Waals surface area contributed by atoms with Gasteiger partial charge in [-0.1, -0.05) is 18.2 Å². The molecule has 2 aliphatic rings. The molecule has 9 nitrogen and oxygen atoms in total. The Kier molecular flexibility index (Phi) is 4.92. The van der Waals surface area contributed by atoms with Crippen LogP contribution in [-0.2, 0) is 4.74 Å². The van der Waals surface area contributed by atoms with E-state index >= 15 is 0 Å². The lowest BCUT2D eigenvalue weighted by molar-refractivity contribution is 0.0489. The minimum Gasteiger partial charge on any atom is -0.420 e.